The summed E-state index contributed by atoms with van der Waals surface area (Å²) < 4.78 is 47.0. The standard InChI is InChI=1S/C23H19F3N4O2/c1-27-22(31)14-8-3-5-9-17(14)29-20-15-11-18(13-7-4-6-10-19(13)32-2)30-21(15)28-12-16(20)23(24,25)26/h3-12H,1-2H3,(H,27,31)(H2,28,29,30). The van der Waals surface area contributed by atoms with E-state index in [1.165, 1.54) is 20.2 Å². The summed E-state index contributed by atoms with van der Waals surface area (Å²) in [4.78, 5) is 19.3. The van der Waals surface area contributed by atoms with Crippen LogP contribution in [0.5, 0.6) is 5.75 Å². The van der Waals surface area contributed by atoms with E-state index < -0.39 is 17.6 Å². The lowest BCUT2D eigenvalue weighted by molar-refractivity contribution is -0.137. The van der Waals surface area contributed by atoms with Crippen LogP contribution < -0.4 is 15.4 Å². The third kappa shape index (κ3) is 3.84. The highest BCUT2D eigenvalue weighted by Crippen LogP contribution is 2.41. The molecule has 0 fully saturated rings. The number of alkyl halides is 3. The molecule has 164 valence electrons. The number of aromatic nitrogens is 2. The normalized spacial score (nSPS) is 11.4. The molecule has 0 atom stereocenters. The molecule has 0 aliphatic carbocycles. The zero-order valence-electron chi connectivity index (χ0n) is 17.2. The lowest BCUT2D eigenvalue weighted by Crippen LogP contribution is -2.19. The SMILES string of the molecule is CNC(=O)c1ccccc1Nc1c(C(F)(F)F)cnc2[nH]c(-c3ccccc3OC)cc12. The number of anilines is 2. The monoisotopic (exact) mass is 440 g/mol. The van der Waals surface area contributed by atoms with Crippen molar-refractivity contribution in [1.82, 2.24) is 15.3 Å². The molecule has 0 aliphatic rings. The summed E-state index contributed by atoms with van der Waals surface area (Å²) in [5.74, 6) is 0.144. The number of nitrogens with zero attached hydrogens (tertiary/aromatic N) is 1. The maximum atomic E-state index is 13.9. The first-order chi connectivity index (χ1) is 15.3. The van der Waals surface area contributed by atoms with Crippen molar-refractivity contribution in [3.63, 3.8) is 0 Å². The average Bonchev–Trinajstić information content (AvgIpc) is 3.23. The summed E-state index contributed by atoms with van der Waals surface area (Å²) in [5, 5.41) is 5.55. The van der Waals surface area contributed by atoms with Crippen molar-refractivity contribution >= 4 is 28.3 Å². The molecule has 32 heavy (non-hydrogen) atoms. The molecular formula is C23H19F3N4O2. The maximum absolute atomic E-state index is 13.9. The largest absolute Gasteiger partial charge is 0.496 e. The molecule has 0 bridgehead atoms. The highest BCUT2D eigenvalue weighted by atomic mass is 19.4. The summed E-state index contributed by atoms with van der Waals surface area (Å²) >= 11 is 0. The van der Waals surface area contributed by atoms with Crippen LogP contribution in [-0.2, 0) is 6.18 Å². The number of hydrogen-bond acceptors (Lipinski definition) is 4. The van der Waals surface area contributed by atoms with Crippen LogP contribution >= 0.6 is 0 Å². The molecule has 9 heteroatoms. The first-order valence-electron chi connectivity index (χ1n) is 9.64. The van der Waals surface area contributed by atoms with Crippen molar-refractivity contribution in [2.75, 3.05) is 19.5 Å². The number of fused-ring (bicyclic) bond motifs is 1. The van der Waals surface area contributed by atoms with Crippen molar-refractivity contribution in [3.8, 4) is 17.0 Å². The molecule has 2 heterocycles. The first kappa shape index (κ1) is 21.2. The van der Waals surface area contributed by atoms with Gasteiger partial charge in [0.05, 0.1) is 35.3 Å². The number of H-pyrrole nitrogens is 1. The van der Waals surface area contributed by atoms with Gasteiger partial charge < -0.3 is 20.4 Å². The van der Waals surface area contributed by atoms with Crippen LogP contribution in [0.2, 0.25) is 0 Å². The van der Waals surface area contributed by atoms with Gasteiger partial charge in [-0.2, -0.15) is 13.2 Å². The van der Waals surface area contributed by atoms with Crippen LogP contribution in [-0.4, -0.2) is 30.0 Å². The number of pyridine rings is 1. The Kier molecular flexibility index (Phi) is 5.48. The molecule has 4 aromatic rings. The van der Waals surface area contributed by atoms with E-state index >= 15 is 0 Å². The molecule has 3 N–H and O–H groups in total. The van der Waals surface area contributed by atoms with Crippen LogP contribution in [0, 0.1) is 0 Å². The lowest BCUT2D eigenvalue weighted by Gasteiger charge is -2.17. The highest BCUT2D eigenvalue weighted by Gasteiger charge is 2.35. The van der Waals surface area contributed by atoms with Crippen molar-refractivity contribution in [2.24, 2.45) is 0 Å². The van der Waals surface area contributed by atoms with Crippen molar-refractivity contribution in [2.45, 2.75) is 6.18 Å². The van der Waals surface area contributed by atoms with Gasteiger partial charge >= 0.3 is 6.18 Å². The second-order valence-electron chi connectivity index (χ2n) is 6.94. The number of benzene rings is 2. The van der Waals surface area contributed by atoms with E-state index in [2.05, 4.69) is 20.6 Å². The second-order valence-corrected chi connectivity index (χ2v) is 6.94. The molecule has 0 radical (unpaired) electrons. The Hall–Kier alpha value is -4.01. The predicted octanol–water partition coefficient (Wildman–Crippen LogP) is 5.36. The van der Waals surface area contributed by atoms with Gasteiger partial charge in [0.1, 0.15) is 11.4 Å². The van der Waals surface area contributed by atoms with Crippen LogP contribution in [0.4, 0.5) is 24.5 Å². The average molecular weight is 440 g/mol. The molecule has 0 saturated carbocycles. The smallest absolute Gasteiger partial charge is 0.419 e. The summed E-state index contributed by atoms with van der Waals surface area (Å²) in [6.07, 6.45) is -3.89. The summed E-state index contributed by atoms with van der Waals surface area (Å²) in [5.41, 5.74) is 0.806. The zero-order valence-corrected chi connectivity index (χ0v) is 17.2. The minimum absolute atomic E-state index is 0.198. The fourth-order valence-electron chi connectivity index (χ4n) is 3.50. The molecule has 0 unspecified atom stereocenters. The van der Waals surface area contributed by atoms with Gasteiger partial charge in [0, 0.05) is 24.2 Å². The number of carbonyl (C=O) groups is 1. The number of amides is 1. The van der Waals surface area contributed by atoms with Gasteiger partial charge in [0.25, 0.3) is 5.91 Å². The summed E-state index contributed by atoms with van der Waals surface area (Å²) in [6, 6.07) is 15.1. The second kappa shape index (κ2) is 8.26. The Morgan fingerprint density at radius 3 is 2.53 bits per heavy atom. The number of nitrogens with one attached hydrogen (secondary N) is 3. The zero-order chi connectivity index (χ0) is 22.9. The van der Waals surface area contributed by atoms with Crippen LogP contribution in [0.25, 0.3) is 22.3 Å². The van der Waals surface area contributed by atoms with Gasteiger partial charge in [0.15, 0.2) is 0 Å². The summed E-state index contributed by atoms with van der Waals surface area (Å²) in [6.45, 7) is 0. The van der Waals surface area contributed by atoms with Gasteiger partial charge in [0.2, 0.25) is 0 Å². The molecule has 2 aromatic heterocycles. The molecule has 1 amide bonds. The Bertz CT molecular complexity index is 1300. The molecule has 0 aliphatic heterocycles. The number of ether oxygens (including phenoxy) is 1. The van der Waals surface area contributed by atoms with E-state index in [4.69, 9.17) is 4.74 Å². The first-order valence-corrected chi connectivity index (χ1v) is 9.64. The number of aromatic amines is 1. The van der Waals surface area contributed by atoms with Crippen LogP contribution in [0.1, 0.15) is 15.9 Å². The van der Waals surface area contributed by atoms with Crippen LogP contribution in [0.3, 0.4) is 0 Å². The van der Waals surface area contributed by atoms with E-state index in [1.807, 2.05) is 0 Å². The minimum atomic E-state index is -4.66. The Morgan fingerprint density at radius 1 is 1.09 bits per heavy atom. The topological polar surface area (TPSA) is 79.0 Å². The fourth-order valence-corrected chi connectivity index (χ4v) is 3.50. The van der Waals surface area contributed by atoms with Gasteiger partial charge in [-0.1, -0.05) is 24.3 Å². The van der Waals surface area contributed by atoms with E-state index in [0.29, 0.717) is 17.0 Å². The number of halogens is 3. The Balaban J connectivity index is 1.92. The number of methoxy groups -OCH3 is 1. The Labute approximate surface area is 181 Å². The number of para-hydroxylation sites is 2. The van der Waals surface area contributed by atoms with E-state index in [9.17, 15) is 18.0 Å². The number of rotatable bonds is 5. The van der Waals surface area contributed by atoms with Crippen molar-refractivity contribution in [1.29, 1.82) is 0 Å². The molecule has 0 spiro atoms. The summed E-state index contributed by atoms with van der Waals surface area (Å²) in [7, 11) is 2.97. The molecule has 0 saturated heterocycles. The van der Waals surface area contributed by atoms with E-state index in [-0.39, 0.29) is 28.0 Å². The van der Waals surface area contributed by atoms with E-state index in [0.717, 1.165) is 6.20 Å². The fraction of sp³-hybridized carbons (Fsp3) is 0.130. The van der Waals surface area contributed by atoms with E-state index in [1.54, 1.807) is 48.5 Å². The van der Waals surface area contributed by atoms with Crippen molar-refractivity contribution in [3.05, 3.63) is 71.9 Å². The van der Waals surface area contributed by atoms with Crippen LogP contribution in [0.15, 0.2) is 60.8 Å². The third-order valence-electron chi connectivity index (χ3n) is 5.02. The number of hydrogen-bond donors (Lipinski definition) is 3. The van der Waals surface area contributed by atoms with Gasteiger partial charge in [-0.3, -0.25) is 4.79 Å². The highest BCUT2D eigenvalue weighted by molar-refractivity contribution is 6.03. The van der Waals surface area contributed by atoms with Gasteiger partial charge in [-0.15, -0.1) is 0 Å². The molecule has 6 nitrogen and oxygen atoms in total. The minimum Gasteiger partial charge on any atom is -0.496 e. The van der Waals surface area contributed by atoms with Gasteiger partial charge in [-0.05, 0) is 30.3 Å². The maximum Gasteiger partial charge on any atom is 0.419 e. The Morgan fingerprint density at radius 2 is 1.81 bits per heavy atom. The van der Waals surface area contributed by atoms with Crippen molar-refractivity contribution < 1.29 is 22.7 Å². The van der Waals surface area contributed by atoms with Gasteiger partial charge in [-0.25, -0.2) is 4.98 Å². The quantitative estimate of drug-likeness (QED) is 0.390. The predicted molar refractivity (Wildman–Crippen MR) is 116 cm³/mol. The molecule has 4 rings (SSSR count). The molecule has 2 aromatic carbocycles. The number of carbonyl (C=O) groups excluding carboxylic acids is 1. The molecular weight excluding hydrogens is 421 g/mol. The third-order valence-corrected chi connectivity index (χ3v) is 5.02. The lowest BCUT2D eigenvalue weighted by atomic mass is 10.1.